The van der Waals surface area contributed by atoms with Gasteiger partial charge in [-0.3, -0.25) is 0 Å². The lowest BCUT2D eigenvalue weighted by molar-refractivity contribution is -0.0366. The largest absolute Gasteiger partial charge is 0.394 e. The van der Waals surface area contributed by atoms with Crippen molar-refractivity contribution in [2.24, 2.45) is 17.3 Å². The summed E-state index contributed by atoms with van der Waals surface area (Å²) in [5.41, 5.74) is 3.27. The molecule has 0 radical (unpaired) electrons. The third-order valence-corrected chi connectivity index (χ3v) is 6.84. The smallest absolute Gasteiger partial charge is 0.0804 e. The molecule has 4 nitrogen and oxygen atoms in total. The molecule has 3 saturated carbocycles. The molecular formula is C21H32O4. The first-order valence-corrected chi connectivity index (χ1v) is 9.58. The lowest BCUT2D eigenvalue weighted by Crippen LogP contribution is -2.43. The van der Waals surface area contributed by atoms with Crippen molar-refractivity contribution in [1.29, 1.82) is 0 Å². The minimum absolute atomic E-state index is 0.0278. The van der Waals surface area contributed by atoms with E-state index in [9.17, 15) is 20.4 Å². The molecule has 140 valence electrons. The molecule has 4 heteroatoms. The minimum atomic E-state index is -0.715. The summed E-state index contributed by atoms with van der Waals surface area (Å²) in [6.45, 7) is 6.05. The molecule has 0 bridgehead atoms. The first-order valence-electron chi connectivity index (χ1n) is 9.58. The Labute approximate surface area is 150 Å². The molecule has 3 aliphatic rings. The molecule has 3 aliphatic carbocycles. The van der Waals surface area contributed by atoms with E-state index in [1.165, 1.54) is 5.57 Å². The van der Waals surface area contributed by atoms with Crippen LogP contribution in [0.5, 0.6) is 0 Å². The highest BCUT2D eigenvalue weighted by Crippen LogP contribution is 2.58. The molecule has 0 aromatic heterocycles. The van der Waals surface area contributed by atoms with Crippen molar-refractivity contribution in [3.63, 3.8) is 0 Å². The normalized spacial score (nSPS) is 43.5. The fourth-order valence-corrected chi connectivity index (χ4v) is 5.50. The van der Waals surface area contributed by atoms with Gasteiger partial charge in [0.1, 0.15) is 0 Å². The Balaban J connectivity index is 1.85. The van der Waals surface area contributed by atoms with Crippen LogP contribution in [0.4, 0.5) is 0 Å². The van der Waals surface area contributed by atoms with Gasteiger partial charge in [0.25, 0.3) is 0 Å². The number of allylic oxidation sites excluding steroid dienone is 3. The van der Waals surface area contributed by atoms with Crippen molar-refractivity contribution in [2.45, 2.75) is 70.2 Å². The van der Waals surface area contributed by atoms with E-state index in [2.05, 4.69) is 25.7 Å². The first-order chi connectivity index (χ1) is 11.8. The van der Waals surface area contributed by atoms with E-state index in [4.69, 9.17) is 0 Å². The number of hydrogen-bond donors (Lipinski definition) is 4. The second-order valence-electron chi connectivity index (χ2n) is 8.49. The SMILES string of the molecule is C=C1CC[C@@H](O)C/C1=C/C=C1\C[C@H](O)C[C@]2(C)[C@@H]([C@@H](O)CO)CC[C@@H]12. The Morgan fingerprint density at radius 1 is 1.16 bits per heavy atom. The molecule has 0 saturated heterocycles. The summed E-state index contributed by atoms with van der Waals surface area (Å²) in [6.07, 6.45) is 8.29. The molecule has 4 N–H and O–H groups in total. The van der Waals surface area contributed by atoms with Gasteiger partial charge in [-0.25, -0.2) is 0 Å². The highest BCUT2D eigenvalue weighted by atomic mass is 16.3. The number of hydrogen-bond acceptors (Lipinski definition) is 4. The molecule has 0 unspecified atom stereocenters. The van der Waals surface area contributed by atoms with Crippen molar-refractivity contribution in [1.82, 2.24) is 0 Å². The molecule has 0 aromatic rings. The van der Waals surface area contributed by atoms with E-state index in [-0.39, 0.29) is 24.0 Å². The summed E-state index contributed by atoms with van der Waals surface area (Å²) in [6, 6.07) is 0. The van der Waals surface area contributed by atoms with Crippen LogP contribution >= 0.6 is 0 Å². The van der Waals surface area contributed by atoms with Crippen LogP contribution in [0, 0.1) is 17.3 Å². The Morgan fingerprint density at radius 2 is 1.92 bits per heavy atom. The fraction of sp³-hybridized carbons (Fsp3) is 0.714. The molecular weight excluding hydrogens is 316 g/mol. The fourth-order valence-electron chi connectivity index (χ4n) is 5.50. The molecule has 0 aliphatic heterocycles. The van der Waals surface area contributed by atoms with E-state index in [0.717, 1.165) is 36.8 Å². The van der Waals surface area contributed by atoms with E-state index < -0.39 is 12.2 Å². The second kappa shape index (κ2) is 7.36. The van der Waals surface area contributed by atoms with Crippen LogP contribution in [-0.2, 0) is 0 Å². The Hall–Kier alpha value is -0.940. The highest BCUT2D eigenvalue weighted by molar-refractivity contribution is 5.36. The topological polar surface area (TPSA) is 80.9 Å². The van der Waals surface area contributed by atoms with Crippen LogP contribution < -0.4 is 0 Å². The molecule has 6 atom stereocenters. The maximum Gasteiger partial charge on any atom is 0.0804 e. The van der Waals surface area contributed by atoms with Gasteiger partial charge in [-0.05, 0) is 67.8 Å². The zero-order valence-electron chi connectivity index (χ0n) is 15.2. The highest BCUT2D eigenvalue weighted by Gasteiger charge is 2.53. The van der Waals surface area contributed by atoms with Crippen LogP contribution in [0.2, 0.25) is 0 Å². The molecule has 3 fully saturated rings. The summed E-state index contributed by atoms with van der Waals surface area (Å²) in [5.74, 6) is 0.362. The van der Waals surface area contributed by atoms with Crippen LogP contribution in [0.25, 0.3) is 0 Å². The second-order valence-corrected chi connectivity index (χ2v) is 8.49. The molecule has 0 aromatic carbocycles. The van der Waals surface area contributed by atoms with Crippen LogP contribution in [-0.4, -0.2) is 45.3 Å². The van der Waals surface area contributed by atoms with Gasteiger partial charge in [0.05, 0.1) is 24.9 Å². The number of fused-ring (bicyclic) bond motifs is 1. The van der Waals surface area contributed by atoms with E-state index in [0.29, 0.717) is 25.2 Å². The lowest BCUT2D eigenvalue weighted by Gasteiger charge is -2.45. The van der Waals surface area contributed by atoms with Gasteiger partial charge < -0.3 is 20.4 Å². The van der Waals surface area contributed by atoms with Gasteiger partial charge in [0, 0.05) is 0 Å². The predicted octanol–water partition coefficient (Wildman–Crippen LogP) is 2.48. The third-order valence-electron chi connectivity index (χ3n) is 6.84. The summed E-state index contributed by atoms with van der Waals surface area (Å²) >= 11 is 0. The lowest BCUT2D eigenvalue weighted by atomic mass is 9.61. The summed E-state index contributed by atoms with van der Waals surface area (Å²) in [7, 11) is 0. The Kier molecular flexibility index (Phi) is 5.54. The number of aliphatic hydroxyl groups excluding tert-OH is 4. The molecule has 0 heterocycles. The van der Waals surface area contributed by atoms with Crippen molar-refractivity contribution in [3.05, 3.63) is 35.5 Å². The summed E-state index contributed by atoms with van der Waals surface area (Å²) in [4.78, 5) is 0. The van der Waals surface area contributed by atoms with Gasteiger partial charge in [-0.1, -0.05) is 36.8 Å². The van der Waals surface area contributed by atoms with Crippen molar-refractivity contribution in [2.75, 3.05) is 6.61 Å². The van der Waals surface area contributed by atoms with E-state index >= 15 is 0 Å². The molecule has 0 amide bonds. The zero-order chi connectivity index (χ0) is 18.2. The Morgan fingerprint density at radius 3 is 2.64 bits per heavy atom. The molecule has 0 spiro atoms. The van der Waals surface area contributed by atoms with Crippen molar-refractivity contribution >= 4 is 0 Å². The van der Waals surface area contributed by atoms with Crippen LogP contribution in [0.15, 0.2) is 35.5 Å². The average Bonchev–Trinajstić information content (AvgIpc) is 2.91. The maximum atomic E-state index is 10.4. The van der Waals surface area contributed by atoms with Gasteiger partial charge in [0.2, 0.25) is 0 Å². The van der Waals surface area contributed by atoms with Crippen LogP contribution in [0.3, 0.4) is 0 Å². The predicted molar refractivity (Wildman–Crippen MR) is 97.8 cm³/mol. The van der Waals surface area contributed by atoms with Crippen molar-refractivity contribution in [3.8, 4) is 0 Å². The van der Waals surface area contributed by atoms with Gasteiger partial charge in [-0.15, -0.1) is 0 Å². The van der Waals surface area contributed by atoms with Gasteiger partial charge >= 0.3 is 0 Å². The standard InChI is InChI=1S/C21H32O4/c1-13-3-6-16(23)9-14(13)4-5-15-10-17(24)11-21(2)18(15)7-8-19(21)20(25)12-22/h4-5,16-20,22-25H,1,3,6-12H2,2H3/b14-4-,15-5+/t16-,17+,18+,19-,20+,21+/m1/s1. The number of rotatable bonds is 3. The zero-order valence-corrected chi connectivity index (χ0v) is 15.2. The monoisotopic (exact) mass is 348 g/mol. The number of aliphatic hydroxyl groups is 4. The molecule has 25 heavy (non-hydrogen) atoms. The summed E-state index contributed by atoms with van der Waals surface area (Å²) < 4.78 is 0. The first kappa shape index (κ1) is 18.8. The average molecular weight is 348 g/mol. The molecule has 3 rings (SSSR count). The van der Waals surface area contributed by atoms with Crippen molar-refractivity contribution < 1.29 is 20.4 Å². The van der Waals surface area contributed by atoms with Gasteiger partial charge in [0.15, 0.2) is 0 Å². The van der Waals surface area contributed by atoms with E-state index in [1.807, 2.05) is 0 Å². The maximum absolute atomic E-state index is 10.4. The van der Waals surface area contributed by atoms with Crippen LogP contribution in [0.1, 0.15) is 51.9 Å². The third kappa shape index (κ3) is 3.63. The van der Waals surface area contributed by atoms with Gasteiger partial charge in [-0.2, -0.15) is 0 Å². The Bertz CT molecular complexity index is 578. The van der Waals surface area contributed by atoms with E-state index in [1.54, 1.807) is 0 Å². The quantitative estimate of drug-likeness (QED) is 0.632. The minimum Gasteiger partial charge on any atom is -0.394 e. The summed E-state index contributed by atoms with van der Waals surface area (Å²) in [5, 5.41) is 39.9.